The minimum absolute atomic E-state index is 0.344. The van der Waals surface area contributed by atoms with Crippen molar-refractivity contribution >= 4 is 23.1 Å². The molecule has 152 valence electrons. The van der Waals surface area contributed by atoms with Crippen LogP contribution in [0, 0.1) is 12.8 Å². The summed E-state index contributed by atoms with van der Waals surface area (Å²) >= 11 is 0. The first-order valence-electron chi connectivity index (χ1n) is 10.1. The highest BCUT2D eigenvalue weighted by Gasteiger charge is 2.19. The third-order valence-corrected chi connectivity index (χ3v) is 4.64. The van der Waals surface area contributed by atoms with Crippen LogP contribution in [0.4, 0.5) is 0 Å². The number of hydrogen-bond acceptors (Lipinski definition) is 5. The van der Waals surface area contributed by atoms with E-state index in [1.807, 2.05) is 36.3 Å². The lowest BCUT2D eigenvalue weighted by atomic mass is 9.93. The number of aromatic nitrogens is 4. The second-order valence-corrected chi connectivity index (χ2v) is 7.48. The van der Waals surface area contributed by atoms with E-state index in [2.05, 4.69) is 36.9 Å². The summed E-state index contributed by atoms with van der Waals surface area (Å²) in [6, 6.07) is 2.10. The lowest BCUT2D eigenvalue weighted by molar-refractivity contribution is -0.137. The van der Waals surface area contributed by atoms with Crippen molar-refractivity contribution in [1.29, 1.82) is 0 Å². The van der Waals surface area contributed by atoms with Gasteiger partial charge in [-0.25, -0.2) is 14.5 Å². The van der Waals surface area contributed by atoms with Gasteiger partial charge >= 0.3 is 5.97 Å². The van der Waals surface area contributed by atoms with Crippen molar-refractivity contribution in [3.63, 3.8) is 0 Å². The summed E-state index contributed by atoms with van der Waals surface area (Å²) < 4.78 is 6.99. The van der Waals surface area contributed by atoms with Crippen LogP contribution in [0.5, 0.6) is 0 Å². The van der Waals surface area contributed by atoms with Gasteiger partial charge in [-0.15, -0.1) is 0 Å². The van der Waals surface area contributed by atoms with Crippen LogP contribution in [0.15, 0.2) is 30.7 Å². The lowest BCUT2D eigenvalue weighted by Gasteiger charge is -2.15. The zero-order valence-corrected chi connectivity index (χ0v) is 17.8. The molecular formula is C23H28N4O2. The minimum atomic E-state index is -0.360. The monoisotopic (exact) mass is 392 g/mol. The summed E-state index contributed by atoms with van der Waals surface area (Å²) in [4.78, 5) is 21.4. The minimum Gasteiger partial charge on any atom is -0.463 e. The van der Waals surface area contributed by atoms with Crippen LogP contribution in [0.25, 0.3) is 28.2 Å². The zero-order chi connectivity index (χ0) is 21.0. The molecule has 0 radical (unpaired) electrons. The van der Waals surface area contributed by atoms with Crippen LogP contribution >= 0.6 is 0 Å². The number of ether oxygens (including phenoxy) is 1. The highest BCUT2D eigenvalue weighted by Crippen LogP contribution is 2.35. The molecule has 3 aromatic rings. The van der Waals surface area contributed by atoms with Crippen molar-refractivity contribution in [3.8, 4) is 11.1 Å². The molecule has 29 heavy (non-hydrogen) atoms. The Hall–Kier alpha value is -3.02. The van der Waals surface area contributed by atoms with Gasteiger partial charge in [0.1, 0.15) is 0 Å². The smallest absolute Gasteiger partial charge is 0.330 e. The summed E-state index contributed by atoms with van der Waals surface area (Å²) in [5.41, 5.74) is 5.78. The Kier molecular flexibility index (Phi) is 6.42. The van der Waals surface area contributed by atoms with E-state index in [4.69, 9.17) is 9.72 Å². The maximum absolute atomic E-state index is 12.0. The second-order valence-electron chi connectivity index (χ2n) is 7.48. The van der Waals surface area contributed by atoms with Gasteiger partial charge in [0.2, 0.25) is 0 Å². The standard InChI is InChI=1S/C23H28N4O2/c1-6-27-23-19(14-25-27)22(17-11-16(5)12-24-13-17)18(8-9-21(28)29-7-2)20(26-23)10-15(3)4/h8-9,11-15H,6-7,10H2,1-5H3/b9-8+. The largest absolute Gasteiger partial charge is 0.463 e. The number of nitrogens with zero attached hydrogens (tertiary/aromatic N) is 4. The first-order valence-corrected chi connectivity index (χ1v) is 10.1. The summed E-state index contributed by atoms with van der Waals surface area (Å²) in [5, 5.41) is 5.48. The molecule has 0 unspecified atom stereocenters. The number of hydrogen-bond donors (Lipinski definition) is 0. The summed E-state index contributed by atoms with van der Waals surface area (Å²) in [5.74, 6) is 0.0526. The average molecular weight is 393 g/mol. The average Bonchev–Trinajstić information content (AvgIpc) is 3.08. The maximum atomic E-state index is 12.0. The van der Waals surface area contributed by atoms with Crippen LogP contribution < -0.4 is 0 Å². The topological polar surface area (TPSA) is 69.9 Å². The Balaban J connectivity index is 2.33. The molecule has 0 aliphatic heterocycles. The fraction of sp³-hybridized carbons (Fsp3) is 0.391. The van der Waals surface area contributed by atoms with Crippen LogP contribution in [-0.2, 0) is 22.5 Å². The van der Waals surface area contributed by atoms with E-state index in [1.54, 1.807) is 6.92 Å². The highest BCUT2D eigenvalue weighted by molar-refractivity contribution is 5.99. The molecule has 0 N–H and O–H groups in total. The van der Waals surface area contributed by atoms with Gasteiger partial charge in [0.05, 0.1) is 18.5 Å². The predicted octanol–water partition coefficient (Wildman–Crippen LogP) is 4.60. The summed E-state index contributed by atoms with van der Waals surface area (Å²) in [6.45, 7) is 11.3. The second kappa shape index (κ2) is 8.99. The van der Waals surface area contributed by atoms with Crippen molar-refractivity contribution in [2.24, 2.45) is 5.92 Å². The van der Waals surface area contributed by atoms with Gasteiger partial charge in [0, 0.05) is 47.1 Å². The molecule has 0 aliphatic rings. The van der Waals surface area contributed by atoms with Crippen molar-refractivity contribution in [1.82, 2.24) is 19.7 Å². The Morgan fingerprint density at radius 2 is 2.03 bits per heavy atom. The van der Waals surface area contributed by atoms with Crippen molar-refractivity contribution < 1.29 is 9.53 Å². The van der Waals surface area contributed by atoms with Gasteiger partial charge in [-0.2, -0.15) is 5.10 Å². The van der Waals surface area contributed by atoms with Crippen molar-refractivity contribution in [3.05, 3.63) is 47.6 Å². The van der Waals surface area contributed by atoms with Crippen molar-refractivity contribution in [2.75, 3.05) is 6.61 Å². The molecule has 0 bridgehead atoms. The van der Waals surface area contributed by atoms with E-state index in [0.717, 1.165) is 51.9 Å². The molecule has 0 fully saturated rings. The van der Waals surface area contributed by atoms with E-state index in [-0.39, 0.29) is 5.97 Å². The fourth-order valence-corrected chi connectivity index (χ4v) is 3.45. The van der Waals surface area contributed by atoms with E-state index in [1.165, 1.54) is 6.08 Å². The van der Waals surface area contributed by atoms with Gasteiger partial charge in [-0.05, 0) is 50.8 Å². The number of carbonyl (C=O) groups is 1. The van der Waals surface area contributed by atoms with Crippen molar-refractivity contribution in [2.45, 2.75) is 47.6 Å². The number of rotatable bonds is 7. The van der Waals surface area contributed by atoms with Gasteiger partial charge in [0.15, 0.2) is 5.65 Å². The Bertz CT molecular complexity index is 1050. The maximum Gasteiger partial charge on any atom is 0.330 e. The molecule has 3 aromatic heterocycles. The lowest BCUT2D eigenvalue weighted by Crippen LogP contribution is -2.06. The van der Waals surface area contributed by atoms with Gasteiger partial charge < -0.3 is 4.74 Å². The molecule has 0 aromatic carbocycles. The molecule has 0 atom stereocenters. The number of pyridine rings is 2. The quantitative estimate of drug-likeness (QED) is 0.434. The number of esters is 1. The molecule has 6 nitrogen and oxygen atoms in total. The van der Waals surface area contributed by atoms with Gasteiger partial charge in [0.25, 0.3) is 0 Å². The van der Waals surface area contributed by atoms with Gasteiger partial charge in [-0.1, -0.05) is 13.8 Å². The van der Waals surface area contributed by atoms with E-state index in [0.29, 0.717) is 12.5 Å². The third-order valence-electron chi connectivity index (χ3n) is 4.64. The highest BCUT2D eigenvalue weighted by atomic mass is 16.5. The Morgan fingerprint density at radius 3 is 2.69 bits per heavy atom. The number of fused-ring (bicyclic) bond motifs is 1. The zero-order valence-electron chi connectivity index (χ0n) is 17.8. The van der Waals surface area contributed by atoms with Crippen LogP contribution in [-0.4, -0.2) is 32.3 Å². The first-order chi connectivity index (χ1) is 13.9. The van der Waals surface area contributed by atoms with Crippen LogP contribution in [0.2, 0.25) is 0 Å². The molecule has 3 heterocycles. The molecule has 6 heteroatoms. The Morgan fingerprint density at radius 1 is 1.24 bits per heavy atom. The normalized spacial score (nSPS) is 11.7. The summed E-state index contributed by atoms with van der Waals surface area (Å²) in [7, 11) is 0. The molecule has 0 aliphatic carbocycles. The van der Waals surface area contributed by atoms with E-state index in [9.17, 15) is 4.79 Å². The summed E-state index contributed by atoms with van der Waals surface area (Å²) in [6.07, 6.45) is 9.63. The third kappa shape index (κ3) is 4.53. The molecule has 0 saturated carbocycles. The SMILES string of the molecule is CCOC(=O)/C=C/c1c(CC(C)C)nc2c(cnn2CC)c1-c1cncc(C)c1. The van der Waals surface area contributed by atoms with Gasteiger partial charge in [-0.3, -0.25) is 4.98 Å². The van der Waals surface area contributed by atoms with E-state index >= 15 is 0 Å². The molecular weight excluding hydrogens is 364 g/mol. The molecule has 3 rings (SSSR count). The first kappa shape index (κ1) is 20.7. The molecule has 0 saturated heterocycles. The molecule has 0 spiro atoms. The number of carbonyl (C=O) groups excluding carboxylic acids is 1. The Labute approximate surface area is 171 Å². The molecule has 0 amide bonds. The fourth-order valence-electron chi connectivity index (χ4n) is 3.45. The number of aryl methyl sites for hydroxylation is 2. The predicted molar refractivity (Wildman–Crippen MR) is 115 cm³/mol. The van der Waals surface area contributed by atoms with E-state index < -0.39 is 0 Å². The van der Waals surface area contributed by atoms with Crippen LogP contribution in [0.3, 0.4) is 0 Å². The van der Waals surface area contributed by atoms with Crippen LogP contribution in [0.1, 0.15) is 44.5 Å².